The number of aromatic nitrogens is 3. The Morgan fingerprint density at radius 1 is 1.32 bits per heavy atom. The SMILES string of the molecule is CC(=O)c1c(C)[nH]c(C(=O)N2CCNCC2c2nccn2C)c1C.Cl. The summed E-state index contributed by atoms with van der Waals surface area (Å²) in [6.45, 7) is 7.18. The summed E-state index contributed by atoms with van der Waals surface area (Å²) in [4.78, 5) is 34.3. The van der Waals surface area contributed by atoms with Gasteiger partial charge < -0.3 is 19.8 Å². The molecule has 0 radical (unpaired) electrons. The number of imidazole rings is 1. The molecule has 2 aromatic heterocycles. The zero-order valence-corrected chi connectivity index (χ0v) is 15.7. The molecule has 1 amide bonds. The van der Waals surface area contributed by atoms with Crippen LogP contribution in [0.4, 0.5) is 0 Å². The van der Waals surface area contributed by atoms with Crippen molar-refractivity contribution in [1.82, 2.24) is 24.8 Å². The number of nitrogens with zero attached hydrogens (tertiary/aromatic N) is 3. The molecule has 0 spiro atoms. The third-order valence-corrected chi connectivity index (χ3v) is 4.66. The molecule has 1 unspecified atom stereocenters. The van der Waals surface area contributed by atoms with Crippen LogP contribution in [0.5, 0.6) is 0 Å². The minimum Gasteiger partial charge on any atom is -0.354 e. The van der Waals surface area contributed by atoms with Crippen LogP contribution < -0.4 is 5.32 Å². The number of rotatable bonds is 3. The molecular formula is C17H24ClN5O2. The fraction of sp³-hybridized carbons (Fsp3) is 0.471. The smallest absolute Gasteiger partial charge is 0.271 e. The molecule has 2 aromatic rings. The number of piperazine rings is 1. The van der Waals surface area contributed by atoms with Crippen LogP contribution >= 0.6 is 12.4 Å². The minimum absolute atomic E-state index is 0. The molecule has 136 valence electrons. The van der Waals surface area contributed by atoms with Crippen molar-refractivity contribution in [3.63, 3.8) is 0 Å². The molecule has 0 aliphatic carbocycles. The number of carbonyl (C=O) groups excluding carboxylic acids is 2. The van der Waals surface area contributed by atoms with Crippen molar-refractivity contribution in [2.24, 2.45) is 7.05 Å². The summed E-state index contributed by atoms with van der Waals surface area (Å²) in [6, 6.07) is -0.130. The van der Waals surface area contributed by atoms with Crippen LogP contribution in [-0.2, 0) is 7.05 Å². The number of Topliss-reactive ketones (excluding diaryl/α,β-unsaturated/α-hetero) is 1. The zero-order valence-electron chi connectivity index (χ0n) is 14.9. The number of hydrogen-bond acceptors (Lipinski definition) is 4. The molecular weight excluding hydrogens is 342 g/mol. The van der Waals surface area contributed by atoms with Gasteiger partial charge in [0.05, 0.1) is 0 Å². The van der Waals surface area contributed by atoms with Gasteiger partial charge in [-0.2, -0.15) is 0 Å². The number of nitrogens with one attached hydrogen (secondary N) is 2. The van der Waals surface area contributed by atoms with E-state index in [1.807, 2.05) is 36.6 Å². The maximum atomic E-state index is 13.1. The van der Waals surface area contributed by atoms with Gasteiger partial charge in [-0.15, -0.1) is 12.4 Å². The third kappa shape index (κ3) is 3.34. The third-order valence-electron chi connectivity index (χ3n) is 4.66. The number of carbonyl (C=O) groups is 2. The van der Waals surface area contributed by atoms with Gasteiger partial charge in [0.2, 0.25) is 0 Å². The standard InChI is InChI=1S/C17H23N5O2.ClH/c1-10-14(12(3)23)11(2)20-15(10)17(24)22-8-5-18-9-13(22)16-19-6-7-21(16)4;/h6-7,13,18,20H,5,8-9H2,1-4H3;1H. The molecule has 0 bridgehead atoms. The zero-order chi connectivity index (χ0) is 17.4. The van der Waals surface area contributed by atoms with Crippen molar-refractivity contribution in [3.8, 4) is 0 Å². The van der Waals surface area contributed by atoms with Crippen LogP contribution in [0.2, 0.25) is 0 Å². The number of aromatic amines is 1. The fourth-order valence-electron chi connectivity index (χ4n) is 3.51. The summed E-state index contributed by atoms with van der Waals surface area (Å²) in [5, 5.41) is 3.32. The first kappa shape index (κ1) is 19.2. The lowest BCUT2D eigenvalue weighted by molar-refractivity contribution is 0.0614. The second kappa shape index (κ2) is 7.41. The number of aryl methyl sites for hydroxylation is 2. The maximum absolute atomic E-state index is 13.1. The predicted molar refractivity (Wildman–Crippen MR) is 97.4 cm³/mol. The Morgan fingerprint density at radius 2 is 2.04 bits per heavy atom. The summed E-state index contributed by atoms with van der Waals surface area (Å²) in [6.07, 6.45) is 3.62. The minimum atomic E-state index is -0.130. The number of amides is 1. The summed E-state index contributed by atoms with van der Waals surface area (Å²) in [5.74, 6) is 0.738. The predicted octanol–water partition coefficient (Wildman–Crippen LogP) is 1.78. The molecule has 1 atom stereocenters. The van der Waals surface area contributed by atoms with Crippen molar-refractivity contribution in [3.05, 3.63) is 40.7 Å². The monoisotopic (exact) mass is 365 g/mol. The molecule has 7 nitrogen and oxygen atoms in total. The largest absolute Gasteiger partial charge is 0.354 e. The Bertz CT molecular complexity index is 795. The van der Waals surface area contributed by atoms with Gasteiger partial charge in [0.1, 0.15) is 17.6 Å². The van der Waals surface area contributed by atoms with Gasteiger partial charge in [-0.25, -0.2) is 4.98 Å². The normalized spacial score (nSPS) is 17.3. The van der Waals surface area contributed by atoms with Crippen LogP contribution in [0.25, 0.3) is 0 Å². The fourth-order valence-corrected chi connectivity index (χ4v) is 3.51. The van der Waals surface area contributed by atoms with Gasteiger partial charge in [-0.3, -0.25) is 9.59 Å². The van der Waals surface area contributed by atoms with E-state index in [4.69, 9.17) is 0 Å². The lowest BCUT2D eigenvalue weighted by Crippen LogP contribution is -2.49. The number of hydrogen-bond donors (Lipinski definition) is 2. The lowest BCUT2D eigenvalue weighted by atomic mass is 10.1. The summed E-state index contributed by atoms with van der Waals surface area (Å²) in [5.41, 5.74) is 2.58. The van der Waals surface area contributed by atoms with Crippen LogP contribution in [0.1, 0.15) is 50.9 Å². The van der Waals surface area contributed by atoms with Crippen molar-refractivity contribution >= 4 is 24.1 Å². The Balaban J connectivity index is 0.00000225. The highest BCUT2D eigenvalue weighted by Gasteiger charge is 2.33. The average molecular weight is 366 g/mol. The van der Waals surface area contributed by atoms with Crippen molar-refractivity contribution in [2.45, 2.75) is 26.8 Å². The van der Waals surface area contributed by atoms with E-state index in [0.717, 1.165) is 23.6 Å². The molecule has 3 heterocycles. The second-order valence-corrected chi connectivity index (χ2v) is 6.30. The number of halogens is 1. The topological polar surface area (TPSA) is 83.0 Å². The van der Waals surface area contributed by atoms with Gasteiger partial charge in [-0.1, -0.05) is 0 Å². The second-order valence-electron chi connectivity index (χ2n) is 6.30. The Morgan fingerprint density at radius 3 is 2.60 bits per heavy atom. The van der Waals surface area contributed by atoms with Crippen LogP contribution in [0.15, 0.2) is 12.4 Å². The van der Waals surface area contributed by atoms with Gasteiger partial charge in [-0.05, 0) is 26.3 Å². The van der Waals surface area contributed by atoms with E-state index in [1.165, 1.54) is 6.92 Å². The summed E-state index contributed by atoms with van der Waals surface area (Å²) in [7, 11) is 1.93. The number of ketones is 1. The van der Waals surface area contributed by atoms with E-state index < -0.39 is 0 Å². The average Bonchev–Trinajstić information content (AvgIpc) is 3.09. The quantitative estimate of drug-likeness (QED) is 0.812. The van der Waals surface area contributed by atoms with Gasteiger partial charge in [0.15, 0.2) is 5.78 Å². The van der Waals surface area contributed by atoms with Gasteiger partial charge in [0.25, 0.3) is 5.91 Å². The number of H-pyrrole nitrogens is 1. The summed E-state index contributed by atoms with van der Waals surface area (Å²) < 4.78 is 1.94. The maximum Gasteiger partial charge on any atom is 0.271 e. The van der Waals surface area contributed by atoms with E-state index in [2.05, 4.69) is 15.3 Å². The molecule has 1 aliphatic rings. The van der Waals surface area contributed by atoms with Gasteiger partial charge >= 0.3 is 0 Å². The van der Waals surface area contributed by atoms with Crippen molar-refractivity contribution in [2.75, 3.05) is 19.6 Å². The first-order valence-corrected chi connectivity index (χ1v) is 8.10. The Hall–Kier alpha value is -2.12. The molecule has 1 aliphatic heterocycles. The molecule has 25 heavy (non-hydrogen) atoms. The Kier molecular flexibility index (Phi) is 5.69. The first-order valence-electron chi connectivity index (χ1n) is 8.10. The lowest BCUT2D eigenvalue weighted by Gasteiger charge is -2.35. The van der Waals surface area contributed by atoms with E-state index in [9.17, 15) is 9.59 Å². The molecule has 2 N–H and O–H groups in total. The van der Waals surface area contributed by atoms with Crippen LogP contribution in [-0.4, -0.2) is 50.8 Å². The van der Waals surface area contributed by atoms with Gasteiger partial charge in [0, 0.05) is 50.3 Å². The Labute approximate surface area is 153 Å². The van der Waals surface area contributed by atoms with Crippen molar-refractivity contribution in [1.29, 1.82) is 0 Å². The first-order chi connectivity index (χ1) is 11.4. The molecule has 3 rings (SSSR count). The van der Waals surface area contributed by atoms with E-state index in [0.29, 0.717) is 24.3 Å². The highest BCUT2D eigenvalue weighted by molar-refractivity contribution is 6.02. The van der Waals surface area contributed by atoms with E-state index >= 15 is 0 Å². The molecule has 0 saturated carbocycles. The van der Waals surface area contributed by atoms with Crippen LogP contribution in [0, 0.1) is 13.8 Å². The molecule has 1 fully saturated rings. The van der Waals surface area contributed by atoms with E-state index in [1.54, 1.807) is 6.20 Å². The van der Waals surface area contributed by atoms with Crippen LogP contribution in [0.3, 0.4) is 0 Å². The highest BCUT2D eigenvalue weighted by Crippen LogP contribution is 2.26. The molecule has 1 saturated heterocycles. The molecule has 8 heteroatoms. The van der Waals surface area contributed by atoms with E-state index in [-0.39, 0.29) is 30.1 Å². The summed E-state index contributed by atoms with van der Waals surface area (Å²) >= 11 is 0. The molecule has 0 aromatic carbocycles. The highest BCUT2D eigenvalue weighted by atomic mass is 35.5. The van der Waals surface area contributed by atoms with Crippen molar-refractivity contribution < 1.29 is 9.59 Å².